The number of nitrogens with two attached hydrogens (primary N) is 1. The van der Waals surface area contributed by atoms with Crippen molar-refractivity contribution >= 4 is 0 Å². The Morgan fingerprint density at radius 3 is 2.46 bits per heavy atom. The van der Waals surface area contributed by atoms with Crippen LogP contribution >= 0.6 is 0 Å². The van der Waals surface area contributed by atoms with Gasteiger partial charge in [0, 0.05) is 31.2 Å². The molecule has 0 aliphatic rings. The number of ether oxygens (including phenoxy) is 2. The maximum absolute atomic E-state index is 7.94. The molecule has 0 saturated heterocycles. The molecular formula is C7H16N4O2. The summed E-state index contributed by atoms with van der Waals surface area (Å²) in [6.45, 7) is 3.31. The second kappa shape index (κ2) is 11.2. The maximum atomic E-state index is 7.94. The van der Waals surface area contributed by atoms with Crippen molar-refractivity contribution in [3.05, 3.63) is 10.4 Å². The van der Waals surface area contributed by atoms with E-state index in [0.717, 1.165) is 6.42 Å². The topological polar surface area (TPSA) is 93.2 Å². The summed E-state index contributed by atoms with van der Waals surface area (Å²) >= 11 is 0. The summed E-state index contributed by atoms with van der Waals surface area (Å²) in [7, 11) is 0. The van der Waals surface area contributed by atoms with Crippen molar-refractivity contribution in [2.45, 2.75) is 6.42 Å². The summed E-state index contributed by atoms with van der Waals surface area (Å²) in [5.41, 5.74) is 13.2. The van der Waals surface area contributed by atoms with E-state index in [1.54, 1.807) is 0 Å². The number of hydrogen-bond acceptors (Lipinski definition) is 4. The molecule has 0 aliphatic heterocycles. The molecule has 13 heavy (non-hydrogen) atoms. The van der Waals surface area contributed by atoms with Crippen LogP contribution in [0.15, 0.2) is 5.11 Å². The minimum Gasteiger partial charge on any atom is -0.381 e. The van der Waals surface area contributed by atoms with Crippen LogP contribution in [0.1, 0.15) is 6.42 Å². The third-order valence-electron chi connectivity index (χ3n) is 1.24. The molecule has 0 unspecified atom stereocenters. The lowest BCUT2D eigenvalue weighted by molar-refractivity contribution is 0.0890. The highest BCUT2D eigenvalue weighted by molar-refractivity contribution is 4.44. The Bertz CT molecular complexity index is 147. The van der Waals surface area contributed by atoms with Crippen LogP contribution in [-0.2, 0) is 9.47 Å². The zero-order chi connectivity index (χ0) is 9.78. The van der Waals surface area contributed by atoms with E-state index >= 15 is 0 Å². The van der Waals surface area contributed by atoms with Gasteiger partial charge in [-0.05, 0) is 12.0 Å². The largest absolute Gasteiger partial charge is 0.381 e. The van der Waals surface area contributed by atoms with E-state index < -0.39 is 0 Å². The summed E-state index contributed by atoms with van der Waals surface area (Å²) < 4.78 is 10.3. The van der Waals surface area contributed by atoms with Crippen LogP contribution in [0.2, 0.25) is 0 Å². The van der Waals surface area contributed by atoms with Gasteiger partial charge in [0.15, 0.2) is 0 Å². The molecule has 0 aliphatic carbocycles. The number of azide groups is 1. The highest BCUT2D eigenvalue weighted by atomic mass is 16.5. The Morgan fingerprint density at radius 1 is 1.15 bits per heavy atom. The fourth-order valence-corrected chi connectivity index (χ4v) is 0.701. The minimum absolute atomic E-state index is 0.389. The lowest BCUT2D eigenvalue weighted by atomic mass is 10.5. The molecule has 76 valence electrons. The molecule has 0 aromatic heterocycles. The van der Waals surface area contributed by atoms with E-state index in [0.29, 0.717) is 39.5 Å². The van der Waals surface area contributed by atoms with Gasteiger partial charge >= 0.3 is 0 Å². The second-order valence-electron chi connectivity index (χ2n) is 2.32. The first-order valence-electron chi connectivity index (χ1n) is 4.28. The molecule has 0 aromatic carbocycles. The van der Waals surface area contributed by atoms with Gasteiger partial charge in [-0.3, -0.25) is 0 Å². The summed E-state index contributed by atoms with van der Waals surface area (Å²) in [6, 6.07) is 0. The summed E-state index contributed by atoms with van der Waals surface area (Å²) in [4.78, 5) is 2.60. The molecule has 0 atom stereocenters. The number of rotatable bonds is 9. The van der Waals surface area contributed by atoms with Gasteiger partial charge in [-0.15, -0.1) is 0 Å². The highest BCUT2D eigenvalue weighted by Gasteiger charge is 1.88. The fourth-order valence-electron chi connectivity index (χ4n) is 0.701. The molecule has 6 heteroatoms. The fraction of sp³-hybridized carbons (Fsp3) is 1.00. The van der Waals surface area contributed by atoms with Crippen molar-refractivity contribution in [2.24, 2.45) is 10.8 Å². The van der Waals surface area contributed by atoms with E-state index in [2.05, 4.69) is 10.0 Å². The molecule has 0 heterocycles. The molecule has 0 amide bonds. The first-order chi connectivity index (χ1) is 6.41. The lowest BCUT2D eigenvalue weighted by Crippen LogP contribution is -2.10. The molecule has 2 N–H and O–H groups in total. The Morgan fingerprint density at radius 2 is 1.85 bits per heavy atom. The van der Waals surface area contributed by atoms with Gasteiger partial charge in [-0.2, -0.15) is 0 Å². The summed E-state index contributed by atoms with van der Waals surface area (Å²) in [5, 5.41) is 3.33. The zero-order valence-corrected chi connectivity index (χ0v) is 7.69. The SMILES string of the molecule is [N-]=[N+]=NCCOCCCOCCN. The monoisotopic (exact) mass is 188 g/mol. The van der Waals surface area contributed by atoms with Crippen molar-refractivity contribution in [3.63, 3.8) is 0 Å². The van der Waals surface area contributed by atoms with Gasteiger partial charge in [0.2, 0.25) is 0 Å². The van der Waals surface area contributed by atoms with Crippen LogP contribution in [0.4, 0.5) is 0 Å². The smallest absolute Gasteiger partial charge is 0.0588 e. The quantitative estimate of drug-likeness (QED) is 0.249. The van der Waals surface area contributed by atoms with E-state index in [4.69, 9.17) is 20.7 Å². The molecule has 0 bridgehead atoms. The standard InChI is InChI=1S/C7H16N4O2/c8-2-6-12-4-1-5-13-7-3-10-11-9/h1-8H2. The van der Waals surface area contributed by atoms with Crippen LogP contribution < -0.4 is 5.73 Å². The molecule has 6 nitrogen and oxygen atoms in total. The molecule has 0 saturated carbocycles. The highest BCUT2D eigenvalue weighted by Crippen LogP contribution is 1.85. The van der Waals surface area contributed by atoms with Crippen LogP contribution in [0.25, 0.3) is 10.4 Å². The molecule has 0 radical (unpaired) electrons. The Hall–Kier alpha value is -0.810. The van der Waals surface area contributed by atoms with Crippen molar-refractivity contribution in [3.8, 4) is 0 Å². The number of hydrogen-bond donors (Lipinski definition) is 1. The zero-order valence-electron chi connectivity index (χ0n) is 7.69. The van der Waals surface area contributed by atoms with E-state index in [9.17, 15) is 0 Å². The summed E-state index contributed by atoms with van der Waals surface area (Å²) in [5.74, 6) is 0. The molecule has 0 spiro atoms. The predicted molar refractivity (Wildman–Crippen MR) is 49.3 cm³/mol. The average Bonchev–Trinajstić information content (AvgIpc) is 2.16. The van der Waals surface area contributed by atoms with Gasteiger partial charge in [-0.25, -0.2) is 0 Å². The van der Waals surface area contributed by atoms with Gasteiger partial charge in [-0.1, -0.05) is 5.11 Å². The van der Waals surface area contributed by atoms with Gasteiger partial charge < -0.3 is 15.2 Å². The molecular weight excluding hydrogens is 172 g/mol. The van der Waals surface area contributed by atoms with Crippen LogP contribution in [0.3, 0.4) is 0 Å². The maximum Gasteiger partial charge on any atom is 0.0588 e. The Labute approximate surface area is 77.6 Å². The normalized spacial score (nSPS) is 9.62. The average molecular weight is 188 g/mol. The van der Waals surface area contributed by atoms with Gasteiger partial charge in [0.05, 0.1) is 13.2 Å². The van der Waals surface area contributed by atoms with Gasteiger partial charge in [0.25, 0.3) is 0 Å². The van der Waals surface area contributed by atoms with Crippen molar-refractivity contribution < 1.29 is 9.47 Å². The van der Waals surface area contributed by atoms with E-state index in [1.165, 1.54) is 0 Å². The third-order valence-corrected chi connectivity index (χ3v) is 1.24. The Kier molecular flexibility index (Phi) is 10.5. The van der Waals surface area contributed by atoms with Crippen molar-refractivity contribution in [1.29, 1.82) is 0 Å². The lowest BCUT2D eigenvalue weighted by Gasteiger charge is -2.02. The Balaban J connectivity index is 2.87. The van der Waals surface area contributed by atoms with Crippen molar-refractivity contribution in [2.75, 3.05) is 39.5 Å². The van der Waals surface area contributed by atoms with Gasteiger partial charge in [0.1, 0.15) is 0 Å². The van der Waals surface area contributed by atoms with Crippen LogP contribution in [0, 0.1) is 0 Å². The number of nitrogens with zero attached hydrogens (tertiary/aromatic N) is 3. The van der Waals surface area contributed by atoms with E-state index in [-0.39, 0.29) is 0 Å². The first-order valence-corrected chi connectivity index (χ1v) is 4.28. The molecule has 0 fully saturated rings. The van der Waals surface area contributed by atoms with Crippen LogP contribution in [0.5, 0.6) is 0 Å². The summed E-state index contributed by atoms with van der Waals surface area (Å²) in [6.07, 6.45) is 0.844. The predicted octanol–water partition coefficient (Wildman–Crippen LogP) is 0.679. The third kappa shape index (κ3) is 11.2. The minimum atomic E-state index is 0.389. The first kappa shape index (κ1) is 12.2. The molecule has 0 aromatic rings. The second-order valence-corrected chi connectivity index (χ2v) is 2.32. The van der Waals surface area contributed by atoms with Crippen LogP contribution in [-0.4, -0.2) is 39.5 Å². The van der Waals surface area contributed by atoms with E-state index in [1.807, 2.05) is 0 Å². The van der Waals surface area contributed by atoms with Crippen molar-refractivity contribution in [1.82, 2.24) is 0 Å². The molecule has 0 rings (SSSR count).